The van der Waals surface area contributed by atoms with Crippen LogP contribution in [-0.2, 0) is 14.3 Å². The van der Waals surface area contributed by atoms with Gasteiger partial charge in [-0.2, -0.15) is 0 Å². The zero-order valence-corrected chi connectivity index (χ0v) is 12.0. The Balaban J connectivity index is 2.19. The number of carbonyl (C=O) groups excluding carboxylic acids is 2. The molecule has 0 bridgehead atoms. The third kappa shape index (κ3) is 6.54. The Morgan fingerprint density at radius 2 is 1.84 bits per heavy atom. The molecule has 1 heterocycles. The number of carbonyl (C=O) groups is 2. The molecule has 1 aliphatic heterocycles. The van der Waals surface area contributed by atoms with Crippen molar-refractivity contribution >= 4 is 11.8 Å². The van der Waals surface area contributed by atoms with Crippen LogP contribution in [0.3, 0.4) is 0 Å². The van der Waals surface area contributed by atoms with Gasteiger partial charge in [0.2, 0.25) is 11.8 Å². The van der Waals surface area contributed by atoms with Gasteiger partial charge in [0.25, 0.3) is 0 Å². The van der Waals surface area contributed by atoms with E-state index < -0.39 is 0 Å². The second-order valence-corrected chi connectivity index (χ2v) is 5.22. The molecule has 0 aromatic rings. The third-order valence-electron chi connectivity index (χ3n) is 2.98. The second-order valence-electron chi connectivity index (χ2n) is 5.22. The average Bonchev–Trinajstić information content (AvgIpc) is 2.36. The standard InChI is InChI=1S/C13H25N3O3/c1-9(2)15-13(18)10(3)14-8-12(17)16-11-4-6-19-7-5-11/h9-11,14H,4-8H2,1-3H3,(H,15,18)(H,16,17). The van der Waals surface area contributed by atoms with E-state index in [9.17, 15) is 9.59 Å². The molecule has 1 aliphatic rings. The van der Waals surface area contributed by atoms with E-state index in [4.69, 9.17) is 4.74 Å². The fourth-order valence-electron chi connectivity index (χ4n) is 1.87. The molecule has 0 aliphatic carbocycles. The van der Waals surface area contributed by atoms with Crippen molar-refractivity contribution < 1.29 is 14.3 Å². The molecule has 1 rings (SSSR count). The maximum atomic E-state index is 11.7. The summed E-state index contributed by atoms with van der Waals surface area (Å²) in [4.78, 5) is 23.3. The van der Waals surface area contributed by atoms with E-state index in [0.717, 1.165) is 12.8 Å². The SMILES string of the molecule is CC(C)NC(=O)C(C)NCC(=O)NC1CCOCC1. The van der Waals surface area contributed by atoms with Gasteiger partial charge in [-0.15, -0.1) is 0 Å². The highest BCUT2D eigenvalue weighted by molar-refractivity contribution is 5.83. The zero-order valence-electron chi connectivity index (χ0n) is 12.0. The number of hydrogen-bond acceptors (Lipinski definition) is 4. The molecule has 1 unspecified atom stereocenters. The lowest BCUT2D eigenvalue weighted by atomic mass is 10.1. The predicted octanol–water partition coefficient (Wildman–Crippen LogP) is -0.216. The van der Waals surface area contributed by atoms with E-state index in [1.54, 1.807) is 6.92 Å². The lowest BCUT2D eigenvalue weighted by Gasteiger charge is -2.23. The summed E-state index contributed by atoms with van der Waals surface area (Å²) in [6, 6.07) is -0.0708. The van der Waals surface area contributed by atoms with Crippen molar-refractivity contribution in [3.05, 3.63) is 0 Å². The first kappa shape index (κ1) is 15.9. The molecule has 0 spiro atoms. The van der Waals surface area contributed by atoms with Gasteiger partial charge in [-0.05, 0) is 33.6 Å². The van der Waals surface area contributed by atoms with Gasteiger partial charge < -0.3 is 15.4 Å². The monoisotopic (exact) mass is 271 g/mol. The molecule has 0 aromatic carbocycles. The minimum absolute atomic E-state index is 0.0731. The maximum Gasteiger partial charge on any atom is 0.237 e. The molecular formula is C13H25N3O3. The molecule has 19 heavy (non-hydrogen) atoms. The number of hydrogen-bond donors (Lipinski definition) is 3. The van der Waals surface area contributed by atoms with E-state index in [1.807, 2.05) is 13.8 Å². The summed E-state index contributed by atoms with van der Waals surface area (Å²) in [5, 5.41) is 8.66. The van der Waals surface area contributed by atoms with Crippen LogP contribution in [0.1, 0.15) is 33.6 Å². The predicted molar refractivity (Wildman–Crippen MR) is 72.7 cm³/mol. The highest BCUT2D eigenvalue weighted by Crippen LogP contribution is 2.05. The smallest absolute Gasteiger partial charge is 0.237 e. The van der Waals surface area contributed by atoms with Crippen molar-refractivity contribution in [1.82, 2.24) is 16.0 Å². The molecular weight excluding hydrogens is 246 g/mol. The van der Waals surface area contributed by atoms with Crippen LogP contribution in [-0.4, -0.2) is 49.7 Å². The largest absolute Gasteiger partial charge is 0.381 e. The van der Waals surface area contributed by atoms with Gasteiger partial charge in [0.15, 0.2) is 0 Å². The van der Waals surface area contributed by atoms with E-state index in [1.165, 1.54) is 0 Å². The normalized spacial score (nSPS) is 18.1. The summed E-state index contributed by atoms with van der Waals surface area (Å²) < 4.78 is 5.23. The van der Waals surface area contributed by atoms with Crippen LogP contribution in [0.2, 0.25) is 0 Å². The average molecular weight is 271 g/mol. The minimum Gasteiger partial charge on any atom is -0.381 e. The van der Waals surface area contributed by atoms with Gasteiger partial charge in [-0.3, -0.25) is 14.9 Å². The van der Waals surface area contributed by atoms with Crippen LogP contribution in [0, 0.1) is 0 Å². The van der Waals surface area contributed by atoms with E-state index in [2.05, 4.69) is 16.0 Å². The molecule has 1 fully saturated rings. The van der Waals surface area contributed by atoms with Crippen molar-refractivity contribution in [3.63, 3.8) is 0 Å². The summed E-state index contributed by atoms with van der Waals surface area (Å²) in [7, 11) is 0. The Morgan fingerprint density at radius 1 is 1.21 bits per heavy atom. The second kappa shape index (κ2) is 8.12. The van der Waals surface area contributed by atoms with Crippen LogP contribution < -0.4 is 16.0 Å². The first-order valence-corrected chi connectivity index (χ1v) is 6.90. The van der Waals surface area contributed by atoms with Crippen molar-refractivity contribution in [2.45, 2.75) is 51.7 Å². The Kier molecular flexibility index (Phi) is 6.80. The fraction of sp³-hybridized carbons (Fsp3) is 0.846. The Bertz CT molecular complexity index is 302. The first-order chi connectivity index (χ1) is 8.99. The van der Waals surface area contributed by atoms with Crippen LogP contribution >= 0.6 is 0 Å². The number of ether oxygens (including phenoxy) is 1. The first-order valence-electron chi connectivity index (χ1n) is 6.90. The summed E-state index contributed by atoms with van der Waals surface area (Å²) in [6.07, 6.45) is 1.71. The molecule has 0 radical (unpaired) electrons. The van der Waals surface area contributed by atoms with Crippen LogP contribution in [0.4, 0.5) is 0 Å². The van der Waals surface area contributed by atoms with Crippen molar-refractivity contribution in [1.29, 1.82) is 0 Å². The van der Waals surface area contributed by atoms with Gasteiger partial charge in [0.1, 0.15) is 0 Å². The third-order valence-corrected chi connectivity index (χ3v) is 2.98. The molecule has 6 heteroatoms. The molecule has 3 N–H and O–H groups in total. The van der Waals surface area contributed by atoms with E-state index in [0.29, 0.717) is 13.2 Å². The molecule has 1 saturated heterocycles. The fourth-order valence-corrected chi connectivity index (χ4v) is 1.87. The van der Waals surface area contributed by atoms with E-state index >= 15 is 0 Å². The van der Waals surface area contributed by atoms with Crippen LogP contribution in [0.5, 0.6) is 0 Å². The lowest BCUT2D eigenvalue weighted by Crippen LogP contribution is -2.49. The topological polar surface area (TPSA) is 79.5 Å². The van der Waals surface area contributed by atoms with Crippen LogP contribution in [0.15, 0.2) is 0 Å². The number of nitrogens with one attached hydrogen (secondary N) is 3. The quantitative estimate of drug-likeness (QED) is 0.624. The van der Waals surface area contributed by atoms with Gasteiger partial charge in [0, 0.05) is 25.3 Å². The Labute approximate surface area is 114 Å². The summed E-state index contributed by atoms with van der Waals surface area (Å²) in [5.74, 6) is -0.162. The van der Waals surface area contributed by atoms with Crippen LogP contribution in [0.25, 0.3) is 0 Å². The molecule has 0 aromatic heterocycles. The molecule has 2 amide bonds. The Hall–Kier alpha value is -1.14. The summed E-state index contributed by atoms with van der Waals surface area (Å²) in [5.41, 5.74) is 0. The summed E-state index contributed by atoms with van der Waals surface area (Å²) >= 11 is 0. The van der Waals surface area contributed by atoms with Gasteiger partial charge >= 0.3 is 0 Å². The maximum absolute atomic E-state index is 11.7. The zero-order chi connectivity index (χ0) is 14.3. The number of rotatable bonds is 6. The minimum atomic E-state index is -0.372. The lowest BCUT2D eigenvalue weighted by molar-refractivity contribution is -0.124. The highest BCUT2D eigenvalue weighted by Gasteiger charge is 2.18. The molecule has 6 nitrogen and oxygen atoms in total. The van der Waals surface area contributed by atoms with Gasteiger partial charge in [-0.25, -0.2) is 0 Å². The number of amides is 2. The van der Waals surface area contributed by atoms with Crippen molar-refractivity contribution in [2.75, 3.05) is 19.8 Å². The molecule has 0 saturated carbocycles. The van der Waals surface area contributed by atoms with Crippen molar-refractivity contribution in [2.24, 2.45) is 0 Å². The Morgan fingerprint density at radius 3 is 2.42 bits per heavy atom. The van der Waals surface area contributed by atoms with Gasteiger partial charge in [-0.1, -0.05) is 0 Å². The summed E-state index contributed by atoms with van der Waals surface area (Å²) in [6.45, 7) is 7.12. The molecule has 1 atom stereocenters. The molecule has 110 valence electrons. The van der Waals surface area contributed by atoms with E-state index in [-0.39, 0.29) is 36.5 Å². The van der Waals surface area contributed by atoms with Crippen molar-refractivity contribution in [3.8, 4) is 0 Å². The highest BCUT2D eigenvalue weighted by atomic mass is 16.5. The van der Waals surface area contributed by atoms with Gasteiger partial charge in [0.05, 0.1) is 12.6 Å².